The third-order valence-corrected chi connectivity index (χ3v) is 7.85. The standard InChI is InChI=1S/C32H23N3O3/c36-30(22-17-15-21(16-18-22)20-9-3-1-4-10-20)29-27-26(28-25-14-8-7-11-23(25)19-33-35(28)29)31(37)34(32(27)38)24-12-5-2-6-13-24/h1-19,26-29H/t26-,27-,28+,29+/m1/s1. The Balaban J connectivity index is 1.31. The van der Waals surface area contributed by atoms with Gasteiger partial charge < -0.3 is 0 Å². The van der Waals surface area contributed by atoms with Gasteiger partial charge in [0, 0.05) is 5.56 Å². The van der Waals surface area contributed by atoms with Crippen LogP contribution in [-0.4, -0.2) is 34.9 Å². The van der Waals surface area contributed by atoms with Crippen molar-refractivity contribution in [2.75, 3.05) is 4.90 Å². The summed E-state index contributed by atoms with van der Waals surface area (Å²) in [4.78, 5) is 43.2. The Bertz CT molecular complexity index is 1600. The fourth-order valence-corrected chi connectivity index (χ4v) is 6.13. The maximum atomic E-state index is 14.1. The second kappa shape index (κ2) is 8.63. The minimum atomic E-state index is -0.887. The summed E-state index contributed by atoms with van der Waals surface area (Å²) in [6.07, 6.45) is 1.72. The first kappa shape index (κ1) is 22.4. The van der Waals surface area contributed by atoms with Crippen molar-refractivity contribution in [1.82, 2.24) is 5.01 Å². The van der Waals surface area contributed by atoms with Crippen LogP contribution in [0.3, 0.4) is 0 Å². The van der Waals surface area contributed by atoms with Gasteiger partial charge in [-0.2, -0.15) is 5.10 Å². The van der Waals surface area contributed by atoms with Crippen LogP contribution in [0, 0.1) is 11.8 Å². The number of Topliss-reactive ketones (excluding diaryl/α,β-unsaturated/α-hetero) is 1. The highest BCUT2D eigenvalue weighted by molar-refractivity contribution is 6.24. The third-order valence-electron chi connectivity index (χ3n) is 7.85. The first-order valence-electron chi connectivity index (χ1n) is 12.7. The van der Waals surface area contributed by atoms with E-state index in [1.165, 1.54) is 4.90 Å². The van der Waals surface area contributed by atoms with Gasteiger partial charge in [0.15, 0.2) is 5.78 Å². The zero-order valence-electron chi connectivity index (χ0n) is 20.3. The van der Waals surface area contributed by atoms with E-state index >= 15 is 0 Å². The van der Waals surface area contributed by atoms with E-state index in [0.717, 1.165) is 22.3 Å². The van der Waals surface area contributed by atoms with Gasteiger partial charge in [0.25, 0.3) is 0 Å². The average molecular weight is 498 g/mol. The summed E-state index contributed by atoms with van der Waals surface area (Å²) < 4.78 is 0. The summed E-state index contributed by atoms with van der Waals surface area (Å²) in [5.74, 6) is -2.40. The molecule has 2 fully saturated rings. The second-order valence-electron chi connectivity index (χ2n) is 9.85. The van der Waals surface area contributed by atoms with E-state index in [4.69, 9.17) is 0 Å². The predicted octanol–water partition coefficient (Wildman–Crippen LogP) is 5.12. The number of hydrogen-bond acceptors (Lipinski definition) is 5. The van der Waals surface area contributed by atoms with Crippen molar-refractivity contribution in [3.63, 3.8) is 0 Å². The number of rotatable bonds is 4. The van der Waals surface area contributed by atoms with Gasteiger partial charge in [-0.25, -0.2) is 4.90 Å². The first-order chi connectivity index (χ1) is 18.6. The number of hydrazone groups is 1. The van der Waals surface area contributed by atoms with E-state index in [2.05, 4.69) is 5.10 Å². The molecule has 184 valence electrons. The van der Waals surface area contributed by atoms with E-state index < -0.39 is 23.9 Å². The van der Waals surface area contributed by atoms with Crippen molar-refractivity contribution >= 4 is 29.5 Å². The van der Waals surface area contributed by atoms with Crippen LogP contribution in [0.25, 0.3) is 11.1 Å². The molecule has 0 N–H and O–H groups in total. The van der Waals surface area contributed by atoms with Crippen LogP contribution in [0.2, 0.25) is 0 Å². The topological polar surface area (TPSA) is 70.0 Å². The number of anilines is 1. The van der Waals surface area contributed by atoms with Crippen LogP contribution < -0.4 is 4.90 Å². The minimum absolute atomic E-state index is 0.213. The number of ketones is 1. The molecule has 0 bridgehead atoms. The number of carbonyl (C=O) groups excluding carboxylic acids is 3. The Hall–Kier alpha value is -4.84. The van der Waals surface area contributed by atoms with Crippen molar-refractivity contribution in [2.45, 2.75) is 12.1 Å². The van der Waals surface area contributed by atoms with Crippen molar-refractivity contribution < 1.29 is 14.4 Å². The molecule has 3 aliphatic rings. The van der Waals surface area contributed by atoms with Gasteiger partial charge in [-0.1, -0.05) is 97.1 Å². The molecule has 0 unspecified atom stereocenters. The Morgan fingerprint density at radius 1 is 0.658 bits per heavy atom. The molecule has 0 radical (unpaired) electrons. The number of amides is 2. The molecule has 4 aromatic carbocycles. The Morgan fingerprint density at radius 3 is 2.00 bits per heavy atom. The van der Waals surface area contributed by atoms with E-state index in [9.17, 15) is 14.4 Å². The van der Waals surface area contributed by atoms with Crippen LogP contribution in [0.4, 0.5) is 5.69 Å². The lowest BCUT2D eigenvalue weighted by atomic mass is 9.83. The fraction of sp³-hybridized carbons (Fsp3) is 0.125. The monoisotopic (exact) mass is 497 g/mol. The maximum absolute atomic E-state index is 14.1. The molecular weight excluding hydrogens is 474 g/mol. The number of benzene rings is 4. The molecule has 4 atom stereocenters. The smallest absolute Gasteiger partial charge is 0.240 e. The van der Waals surface area contributed by atoms with Gasteiger partial charge >= 0.3 is 0 Å². The largest absolute Gasteiger partial charge is 0.292 e. The van der Waals surface area contributed by atoms with Gasteiger partial charge in [-0.3, -0.25) is 19.4 Å². The molecule has 7 rings (SSSR count). The quantitative estimate of drug-likeness (QED) is 0.290. The maximum Gasteiger partial charge on any atom is 0.240 e. The average Bonchev–Trinajstić information content (AvgIpc) is 3.46. The Labute approximate surface area is 219 Å². The summed E-state index contributed by atoms with van der Waals surface area (Å²) in [6.45, 7) is 0. The molecule has 6 nitrogen and oxygen atoms in total. The second-order valence-corrected chi connectivity index (χ2v) is 9.85. The van der Waals surface area contributed by atoms with Crippen LogP contribution in [-0.2, 0) is 9.59 Å². The van der Waals surface area contributed by atoms with Crippen molar-refractivity contribution in [2.24, 2.45) is 16.9 Å². The van der Waals surface area contributed by atoms with Crippen LogP contribution >= 0.6 is 0 Å². The lowest BCUT2D eigenvalue weighted by Crippen LogP contribution is -2.44. The van der Waals surface area contributed by atoms with E-state index in [0.29, 0.717) is 11.3 Å². The number of carbonyl (C=O) groups is 3. The summed E-state index contributed by atoms with van der Waals surface area (Å²) in [7, 11) is 0. The van der Waals surface area contributed by atoms with Gasteiger partial charge in [0.1, 0.15) is 6.04 Å². The highest BCUT2D eigenvalue weighted by Crippen LogP contribution is 2.53. The summed E-state index contributed by atoms with van der Waals surface area (Å²) in [5, 5.41) is 6.34. The normalized spacial score (nSPS) is 23.3. The molecular formula is C32H23N3O3. The number of para-hydroxylation sites is 1. The summed E-state index contributed by atoms with van der Waals surface area (Å²) in [5.41, 5.74) is 4.86. The SMILES string of the molecule is O=C(c1ccc(-c2ccccc2)cc1)[C@@H]1[C@@H]2C(=O)N(c3ccccc3)C(=O)[C@H]2[C@@H]2c3ccccc3C=NN12. The molecule has 0 aliphatic carbocycles. The molecule has 38 heavy (non-hydrogen) atoms. The lowest BCUT2D eigenvalue weighted by Gasteiger charge is -2.33. The van der Waals surface area contributed by atoms with E-state index in [-0.39, 0.29) is 17.6 Å². The van der Waals surface area contributed by atoms with E-state index in [1.54, 1.807) is 47.6 Å². The number of hydrogen-bond donors (Lipinski definition) is 0. The molecule has 6 heteroatoms. The van der Waals surface area contributed by atoms with Crippen LogP contribution in [0.15, 0.2) is 114 Å². The zero-order valence-corrected chi connectivity index (χ0v) is 20.3. The zero-order chi connectivity index (χ0) is 25.8. The highest BCUT2D eigenvalue weighted by atomic mass is 16.2. The van der Waals surface area contributed by atoms with Gasteiger partial charge in [0.2, 0.25) is 11.8 Å². The summed E-state index contributed by atoms with van der Waals surface area (Å²) in [6, 6.07) is 32.7. The Kier molecular flexibility index (Phi) is 5.08. The highest BCUT2D eigenvalue weighted by Gasteiger charge is 2.65. The van der Waals surface area contributed by atoms with Crippen molar-refractivity contribution in [1.29, 1.82) is 0 Å². The molecule has 0 saturated carbocycles. The minimum Gasteiger partial charge on any atom is -0.292 e. The fourth-order valence-electron chi connectivity index (χ4n) is 6.13. The molecule has 3 heterocycles. The number of imide groups is 1. The van der Waals surface area contributed by atoms with Crippen LogP contribution in [0.1, 0.15) is 27.5 Å². The molecule has 2 amide bonds. The van der Waals surface area contributed by atoms with Gasteiger partial charge in [0.05, 0.1) is 29.8 Å². The predicted molar refractivity (Wildman–Crippen MR) is 145 cm³/mol. The number of fused-ring (bicyclic) bond motifs is 5. The van der Waals surface area contributed by atoms with Crippen molar-refractivity contribution in [3.05, 3.63) is 126 Å². The molecule has 2 saturated heterocycles. The summed E-state index contributed by atoms with van der Waals surface area (Å²) >= 11 is 0. The molecule has 0 aromatic heterocycles. The van der Waals surface area contributed by atoms with Gasteiger partial charge in [-0.15, -0.1) is 0 Å². The van der Waals surface area contributed by atoms with Crippen molar-refractivity contribution in [3.8, 4) is 11.1 Å². The first-order valence-corrected chi connectivity index (χ1v) is 12.7. The molecule has 3 aliphatic heterocycles. The molecule has 4 aromatic rings. The Morgan fingerprint density at radius 2 is 1.26 bits per heavy atom. The van der Waals surface area contributed by atoms with E-state index in [1.807, 2.05) is 72.8 Å². The third kappa shape index (κ3) is 3.27. The molecule has 0 spiro atoms. The number of nitrogens with zero attached hydrogens (tertiary/aromatic N) is 3. The van der Waals surface area contributed by atoms with Gasteiger partial charge in [-0.05, 0) is 34.4 Å². The van der Waals surface area contributed by atoms with Crippen LogP contribution in [0.5, 0.6) is 0 Å². The lowest BCUT2D eigenvalue weighted by molar-refractivity contribution is -0.124.